The number of ether oxygens (including phenoxy) is 2. The first-order valence-electron chi connectivity index (χ1n) is 5.44. The molecule has 0 aliphatic rings. The van der Waals surface area contributed by atoms with Crippen LogP contribution >= 0.6 is 0 Å². The first kappa shape index (κ1) is 13.3. The second-order valence-electron chi connectivity index (χ2n) is 3.54. The minimum Gasteiger partial charge on any atom is -0.495 e. The van der Waals surface area contributed by atoms with Gasteiger partial charge in [0, 0.05) is 12.3 Å². The van der Waals surface area contributed by atoms with E-state index in [9.17, 15) is 4.79 Å². The van der Waals surface area contributed by atoms with Crippen molar-refractivity contribution in [3.05, 3.63) is 18.2 Å². The lowest BCUT2D eigenvalue weighted by Crippen LogP contribution is -2.27. The third-order valence-electron chi connectivity index (χ3n) is 2.28. The highest BCUT2D eigenvalue weighted by Crippen LogP contribution is 2.24. The standard InChI is InChI=1S/C12H18N2O3/c1-4-17-8(2)12(15)14-9-5-6-11(16-3)10(13)7-9/h5-8H,4,13H2,1-3H3,(H,14,15). The van der Waals surface area contributed by atoms with Crippen LogP contribution in [0.4, 0.5) is 11.4 Å². The van der Waals surface area contributed by atoms with Crippen molar-refractivity contribution in [2.45, 2.75) is 20.0 Å². The number of hydrogen-bond donors (Lipinski definition) is 2. The van der Waals surface area contributed by atoms with Crippen molar-refractivity contribution in [3.8, 4) is 5.75 Å². The molecular formula is C12H18N2O3. The average Bonchev–Trinajstić information content (AvgIpc) is 2.29. The quantitative estimate of drug-likeness (QED) is 0.765. The molecule has 17 heavy (non-hydrogen) atoms. The molecule has 1 amide bonds. The Bertz CT molecular complexity index is 393. The summed E-state index contributed by atoms with van der Waals surface area (Å²) in [4.78, 5) is 11.7. The number of anilines is 2. The van der Waals surface area contributed by atoms with E-state index in [0.717, 1.165) is 0 Å². The first-order valence-corrected chi connectivity index (χ1v) is 5.44. The number of amides is 1. The minimum atomic E-state index is -0.483. The Morgan fingerprint density at radius 2 is 2.24 bits per heavy atom. The van der Waals surface area contributed by atoms with Gasteiger partial charge >= 0.3 is 0 Å². The molecule has 1 unspecified atom stereocenters. The molecule has 1 atom stereocenters. The molecule has 0 aliphatic heterocycles. The molecule has 0 fully saturated rings. The Hall–Kier alpha value is -1.75. The van der Waals surface area contributed by atoms with Crippen molar-refractivity contribution in [2.75, 3.05) is 24.8 Å². The molecule has 5 nitrogen and oxygen atoms in total. The van der Waals surface area contributed by atoms with Gasteiger partial charge < -0.3 is 20.5 Å². The van der Waals surface area contributed by atoms with Gasteiger partial charge in [-0.1, -0.05) is 0 Å². The Morgan fingerprint density at radius 3 is 2.76 bits per heavy atom. The van der Waals surface area contributed by atoms with Crippen molar-refractivity contribution in [1.29, 1.82) is 0 Å². The van der Waals surface area contributed by atoms with E-state index >= 15 is 0 Å². The number of nitrogen functional groups attached to an aromatic ring is 1. The Balaban J connectivity index is 2.69. The van der Waals surface area contributed by atoms with Crippen LogP contribution in [0.15, 0.2) is 18.2 Å². The fourth-order valence-electron chi connectivity index (χ4n) is 1.38. The second kappa shape index (κ2) is 6.10. The molecule has 0 aromatic heterocycles. The number of carbonyl (C=O) groups is 1. The van der Waals surface area contributed by atoms with E-state index in [1.54, 1.807) is 32.2 Å². The molecule has 1 aromatic rings. The highest BCUT2D eigenvalue weighted by Gasteiger charge is 2.13. The van der Waals surface area contributed by atoms with Gasteiger partial charge in [0.25, 0.3) is 5.91 Å². The number of hydrogen-bond acceptors (Lipinski definition) is 4. The highest BCUT2D eigenvalue weighted by atomic mass is 16.5. The molecule has 1 rings (SSSR count). The smallest absolute Gasteiger partial charge is 0.253 e. The zero-order valence-corrected chi connectivity index (χ0v) is 10.3. The van der Waals surface area contributed by atoms with Crippen molar-refractivity contribution in [3.63, 3.8) is 0 Å². The van der Waals surface area contributed by atoms with E-state index in [1.165, 1.54) is 0 Å². The van der Waals surface area contributed by atoms with Gasteiger partial charge in [-0.3, -0.25) is 4.79 Å². The molecular weight excluding hydrogens is 220 g/mol. The number of carbonyl (C=O) groups excluding carboxylic acids is 1. The number of nitrogens with one attached hydrogen (secondary N) is 1. The number of rotatable bonds is 5. The van der Waals surface area contributed by atoms with Gasteiger partial charge in [0.2, 0.25) is 0 Å². The monoisotopic (exact) mass is 238 g/mol. The minimum absolute atomic E-state index is 0.198. The van der Waals surface area contributed by atoms with E-state index < -0.39 is 6.10 Å². The van der Waals surface area contributed by atoms with E-state index in [1.807, 2.05) is 6.92 Å². The molecule has 0 saturated carbocycles. The van der Waals surface area contributed by atoms with Crippen molar-refractivity contribution < 1.29 is 14.3 Å². The summed E-state index contributed by atoms with van der Waals surface area (Å²) in [5, 5.41) is 2.72. The summed E-state index contributed by atoms with van der Waals surface area (Å²) in [6.07, 6.45) is -0.483. The fourth-order valence-corrected chi connectivity index (χ4v) is 1.38. The molecule has 0 heterocycles. The molecule has 0 saturated heterocycles. The van der Waals surface area contributed by atoms with E-state index in [4.69, 9.17) is 15.2 Å². The lowest BCUT2D eigenvalue weighted by Gasteiger charge is -2.13. The van der Waals surface area contributed by atoms with Gasteiger partial charge in [0.05, 0.1) is 12.8 Å². The third-order valence-corrected chi connectivity index (χ3v) is 2.28. The van der Waals surface area contributed by atoms with Crippen LogP contribution in [0, 0.1) is 0 Å². The van der Waals surface area contributed by atoms with Crippen LogP contribution < -0.4 is 15.8 Å². The van der Waals surface area contributed by atoms with Gasteiger partial charge in [-0.15, -0.1) is 0 Å². The van der Waals surface area contributed by atoms with Crippen LogP contribution in [0.25, 0.3) is 0 Å². The average molecular weight is 238 g/mol. The predicted octanol–water partition coefficient (Wildman–Crippen LogP) is 1.64. The zero-order valence-electron chi connectivity index (χ0n) is 10.3. The summed E-state index contributed by atoms with van der Waals surface area (Å²) < 4.78 is 10.2. The van der Waals surface area contributed by atoms with Crippen LogP contribution in [-0.2, 0) is 9.53 Å². The summed E-state index contributed by atoms with van der Waals surface area (Å²) in [5.74, 6) is 0.386. The summed E-state index contributed by atoms with van der Waals surface area (Å²) >= 11 is 0. The van der Waals surface area contributed by atoms with Crippen LogP contribution in [0.2, 0.25) is 0 Å². The first-order chi connectivity index (χ1) is 8.08. The SMILES string of the molecule is CCOC(C)C(=O)Nc1ccc(OC)c(N)c1. The Kier molecular flexibility index (Phi) is 4.78. The van der Waals surface area contributed by atoms with Crippen molar-refractivity contribution in [2.24, 2.45) is 0 Å². The zero-order chi connectivity index (χ0) is 12.8. The Morgan fingerprint density at radius 1 is 1.53 bits per heavy atom. The summed E-state index contributed by atoms with van der Waals surface area (Å²) in [6.45, 7) is 4.04. The lowest BCUT2D eigenvalue weighted by atomic mass is 10.2. The van der Waals surface area contributed by atoms with Crippen LogP contribution in [0.3, 0.4) is 0 Å². The second-order valence-corrected chi connectivity index (χ2v) is 3.54. The summed E-state index contributed by atoms with van der Waals surface area (Å²) in [7, 11) is 1.54. The van der Waals surface area contributed by atoms with E-state index in [-0.39, 0.29) is 5.91 Å². The molecule has 0 radical (unpaired) electrons. The van der Waals surface area contributed by atoms with E-state index in [2.05, 4.69) is 5.32 Å². The van der Waals surface area contributed by atoms with Crippen LogP contribution in [-0.4, -0.2) is 25.7 Å². The molecule has 0 aliphatic carbocycles. The normalized spacial score (nSPS) is 11.9. The summed E-state index contributed by atoms with van der Waals surface area (Å²) in [5.41, 5.74) is 6.84. The molecule has 0 spiro atoms. The maximum Gasteiger partial charge on any atom is 0.253 e. The van der Waals surface area contributed by atoms with Gasteiger partial charge in [0.1, 0.15) is 11.9 Å². The van der Waals surface area contributed by atoms with Crippen LogP contribution in [0.5, 0.6) is 5.75 Å². The summed E-state index contributed by atoms with van der Waals surface area (Å²) in [6, 6.07) is 5.08. The highest BCUT2D eigenvalue weighted by molar-refractivity contribution is 5.94. The molecule has 94 valence electrons. The Labute approximate surface area is 101 Å². The predicted molar refractivity (Wildman–Crippen MR) is 67.1 cm³/mol. The number of methoxy groups -OCH3 is 1. The molecule has 1 aromatic carbocycles. The molecule has 5 heteroatoms. The largest absolute Gasteiger partial charge is 0.495 e. The fraction of sp³-hybridized carbons (Fsp3) is 0.417. The van der Waals surface area contributed by atoms with E-state index in [0.29, 0.717) is 23.7 Å². The number of benzene rings is 1. The van der Waals surface area contributed by atoms with Gasteiger partial charge in [-0.05, 0) is 32.0 Å². The third kappa shape index (κ3) is 3.64. The van der Waals surface area contributed by atoms with Crippen molar-refractivity contribution in [1.82, 2.24) is 0 Å². The van der Waals surface area contributed by atoms with Gasteiger partial charge in [-0.2, -0.15) is 0 Å². The van der Waals surface area contributed by atoms with Crippen LogP contribution in [0.1, 0.15) is 13.8 Å². The lowest BCUT2D eigenvalue weighted by molar-refractivity contribution is -0.126. The molecule has 3 N–H and O–H groups in total. The topological polar surface area (TPSA) is 73.6 Å². The maximum absolute atomic E-state index is 11.7. The molecule has 0 bridgehead atoms. The van der Waals surface area contributed by atoms with Crippen molar-refractivity contribution >= 4 is 17.3 Å². The van der Waals surface area contributed by atoms with Gasteiger partial charge in [0.15, 0.2) is 0 Å². The maximum atomic E-state index is 11.7. The number of nitrogens with two attached hydrogens (primary N) is 1. The van der Waals surface area contributed by atoms with Gasteiger partial charge in [-0.25, -0.2) is 0 Å².